The summed E-state index contributed by atoms with van der Waals surface area (Å²) in [5.74, 6) is -0.130. The predicted octanol–water partition coefficient (Wildman–Crippen LogP) is 2.53. The Hall–Kier alpha value is -3.02. The minimum absolute atomic E-state index is 0.130. The maximum absolute atomic E-state index is 12.2. The number of carbonyl (C=O) groups is 1. The number of rotatable bonds is 3. The molecule has 0 saturated carbocycles. The monoisotopic (exact) mass is 293 g/mol. The second-order valence-corrected chi connectivity index (χ2v) is 5.08. The molecule has 1 heterocycles. The van der Waals surface area contributed by atoms with E-state index in [9.17, 15) is 4.79 Å². The van der Waals surface area contributed by atoms with Crippen molar-refractivity contribution in [1.29, 1.82) is 0 Å². The number of benzene rings is 2. The van der Waals surface area contributed by atoms with Crippen LogP contribution in [0.1, 0.15) is 21.5 Å². The van der Waals surface area contributed by atoms with Gasteiger partial charge in [-0.2, -0.15) is 0 Å². The Bertz CT molecular complexity index is 794. The lowest BCUT2D eigenvalue weighted by atomic mass is 10.1. The van der Waals surface area contributed by atoms with Crippen LogP contribution in [0.4, 0.5) is 5.69 Å². The Morgan fingerprint density at radius 3 is 2.50 bits per heavy atom. The minimum Gasteiger partial charge on any atom is -0.322 e. The molecule has 6 heteroatoms. The number of hydrogen-bond acceptors (Lipinski definition) is 4. The Morgan fingerprint density at radius 2 is 1.86 bits per heavy atom. The molecule has 0 bridgehead atoms. The molecule has 0 saturated heterocycles. The van der Waals surface area contributed by atoms with Crippen LogP contribution in [0.3, 0.4) is 0 Å². The summed E-state index contributed by atoms with van der Waals surface area (Å²) in [5, 5.41) is 14.0. The van der Waals surface area contributed by atoms with Crippen molar-refractivity contribution in [1.82, 2.24) is 20.2 Å². The van der Waals surface area contributed by atoms with Crippen molar-refractivity contribution in [3.05, 3.63) is 65.5 Å². The number of aromatic nitrogens is 4. The van der Waals surface area contributed by atoms with Gasteiger partial charge in [-0.15, -0.1) is 5.10 Å². The molecule has 0 atom stereocenters. The number of amides is 1. The first kappa shape index (κ1) is 13.9. The molecule has 1 N–H and O–H groups in total. The molecule has 0 radical (unpaired) electrons. The van der Waals surface area contributed by atoms with Gasteiger partial charge in [0.1, 0.15) is 6.33 Å². The third kappa shape index (κ3) is 2.85. The third-order valence-electron chi connectivity index (χ3n) is 3.36. The van der Waals surface area contributed by atoms with Crippen LogP contribution < -0.4 is 5.32 Å². The fourth-order valence-corrected chi connectivity index (χ4v) is 2.17. The van der Waals surface area contributed by atoms with E-state index in [-0.39, 0.29) is 5.91 Å². The molecule has 3 aromatic rings. The highest BCUT2D eigenvalue weighted by atomic mass is 16.1. The molecule has 22 heavy (non-hydrogen) atoms. The molecule has 1 aromatic heterocycles. The van der Waals surface area contributed by atoms with Crippen LogP contribution >= 0.6 is 0 Å². The van der Waals surface area contributed by atoms with Gasteiger partial charge in [0.2, 0.25) is 0 Å². The number of hydrogen-bond donors (Lipinski definition) is 1. The molecule has 0 unspecified atom stereocenters. The van der Waals surface area contributed by atoms with E-state index < -0.39 is 0 Å². The summed E-state index contributed by atoms with van der Waals surface area (Å²) in [6.45, 7) is 3.93. The van der Waals surface area contributed by atoms with Crippen molar-refractivity contribution in [2.24, 2.45) is 0 Å². The number of aryl methyl sites for hydroxylation is 2. The van der Waals surface area contributed by atoms with Crippen LogP contribution in [0.15, 0.2) is 48.8 Å². The first-order chi connectivity index (χ1) is 10.6. The number of carbonyl (C=O) groups excluding carboxylic acids is 1. The molecule has 0 aliphatic heterocycles. The zero-order valence-electron chi connectivity index (χ0n) is 12.3. The topological polar surface area (TPSA) is 72.7 Å². The second-order valence-electron chi connectivity index (χ2n) is 5.08. The van der Waals surface area contributed by atoms with E-state index in [4.69, 9.17) is 0 Å². The molecule has 0 aliphatic rings. The summed E-state index contributed by atoms with van der Waals surface area (Å²) in [6, 6.07) is 13.1. The molecular formula is C16H15N5O. The molecular weight excluding hydrogens is 278 g/mol. The molecule has 2 aromatic carbocycles. The van der Waals surface area contributed by atoms with E-state index >= 15 is 0 Å². The van der Waals surface area contributed by atoms with Gasteiger partial charge in [0, 0.05) is 11.3 Å². The number of tetrazole rings is 1. The van der Waals surface area contributed by atoms with Gasteiger partial charge in [0.15, 0.2) is 0 Å². The molecule has 0 aliphatic carbocycles. The largest absolute Gasteiger partial charge is 0.322 e. The maximum atomic E-state index is 12.2. The fourth-order valence-electron chi connectivity index (χ4n) is 2.17. The number of nitrogens with one attached hydrogen (secondary N) is 1. The lowest BCUT2D eigenvalue weighted by molar-refractivity contribution is 0.102. The SMILES string of the molecule is Cc1ccc(C(=O)Nc2ccc(-n3cnnn3)c(C)c2)cc1. The van der Waals surface area contributed by atoms with E-state index in [1.165, 1.54) is 6.33 Å². The first-order valence-corrected chi connectivity index (χ1v) is 6.85. The van der Waals surface area contributed by atoms with E-state index in [2.05, 4.69) is 20.8 Å². The van der Waals surface area contributed by atoms with Crippen molar-refractivity contribution in [2.45, 2.75) is 13.8 Å². The Kier molecular flexibility index (Phi) is 3.65. The van der Waals surface area contributed by atoms with Gasteiger partial charge < -0.3 is 5.32 Å². The summed E-state index contributed by atoms with van der Waals surface area (Å²) in [5.41, 5.74) is 4.33. The van der Waals surface area contributed by atoms with Gasteiger partial charge in [-0.05, 0) is 60.2 Å². The smallest absolute Gasteiger partial charge is 0.255 e. The van der Waals surface area contributed by atoms with Crippen LogP contribution in [0.5, 0.6) is 0 Å². The number of anilines is 1. The van der Waals surface area contributed by atoms with Crippen molar-refractivity contribution < 1.29 is 4.79 Å². The summed E-state index contributed by atoms with van der Waals surface area (Å²) >= 11 is 0. The van der Waals surface area contributed by atoms with E-state index in [1.807, 2.05) is 56.3 Å². The van der Waals surface area contributed by atoms with Gasteiger partial charge in [0.25, 0.3) is 5.91 Å². The summed E-state index contributed by atoms with van der Waals surface area (Å²) in [6.07, 6.45) is 1.53. The first-order valence-electron chi connectivity index (χ1n) is 6.85. The normalized spacial score (nSPS) is 10.5. The van der Waals surface area contributed by atoms with Gasteiger partial charge in [-0.3, -0.25) is 4.79 Å². The van der Waals surface area contributed by atoms with E-state index in [0.29, 0.717) is 5.56 Å². The zero-order valence-corrected chi connectivity index (χ0v) is 12.3. The Balaban J connectivity index is 1.80. The Morgan fingerprint density at radius 1 is 1.09 bits per heavy atom. The molecule has 3 rings (SSSR count). The van der Waals surface area contributed by atoms with E-state index in [1.54, 1.807) is 4.68 Å². The Labute approximate surface area is 127 Å². The predicted molar refractivity (Wildman–Crippen MR) is 83.0 cm³/mol. The lowest BCUT2D eigenvalue weighted by Gasteiger charge is -2.09. The molecule has 1 amide bonds. The highest BCUT2D eigenvalue weighted by Crippen LogP contribution is 2.18. The highest BCUT2D eigenvalue weighted by molar-refractivity contribution is 6.04. The standard InChI is InChI=1S/C16H15N5O/c1-11-3-5-13(6-4-11)16(22)18-14-7-8-15(12(2)9-14)21-10-17-19-20-21/h3-10H,1-2H3,(H,18,22). The van der Waals surface area contributed by atoms with Crippen molar-refractivity contribution >= 4 is 11.6 Å². The average Bonchev–Trinajstić information content (AvgIpc) is 3.02. The van der Waals surface area contributed by atoms with Crippen LogP contribution in [0.25, 0.3) is 5.69 Å². The minimum atomic E-state index is -0.130. The third-order valence-corrected chi connectivity index (χ3v) is 3.36. The quantitative estimate of drug-likeness (QED) is 0.805. The fraction of sp³-hybridized carbons (Fsp3) is 0.125. The van der Waals surface area contributed by atoms with Gasteiger partial charge >= 0.3 is 0 Å². The van der Waals surface area contributed by atoms with E-state index in [0.717, 1.165) is 22.5 Å². The summed E-state index contributed by atoms with van der Waals surface area (Å²) in [4.78, 5) is 12.2. The zero-order chi connectivity index (χ0) is 15.5. The van der Waals surface area contributed by atoms with Gasteiger partial charge in [0.05, 0.1) is 5.69 Å². The van der Waals surface area contributed by atoms with Crippen LogP contribution in [0.2, 0.25) is 0 Å². The lowest BCUT2D eigenvalue weighted by Crippen LogP contribution is -2.12. The van der Waals surface area contributed by atoms with Crippen molar-refractivity contribution in [3.63, 3.8) is 0 Å². The summed E-state index contributed by atoms with van der Waals surface area (Å²) in [7, 11) is 0. The van der Waals surface area contributed by atoms with Crippen LogP contribution in [0, 0.1) is 13.8 Å². The van der Waals surface area contributed by atoms with Crippen molar-refractivity contribution in [3.8, 4) is 5.69 Å². The van der Waals surface area contributed by atoms with Gasteiger partial charge in [-0.25, -0.2) is 4.68 Å². The molecule has 6 nitrogen and oxygen atoms in total. The molecule has 110 valence electrons. The average molecular weight is 293 g/mol. The van der Waals surface area contributed by atoms with Crippen molar-refractivity contribution in [2.75, 3.05) is 5.32 Å². The second kappa shape index (κ2) is 5.77. The summed E-state index contributed by atoms with van der Waals surface area (Å²) < 4.78 is 1.58. The van der Waals surface area contributed by atoms with Crippen LogP contribution in [-0.2, 0) is 0 Å². The molecule has 0 spiro atoms. The molecule has 0 fully saturated rings. The highest BCUT2D eigenvalue weighted by Gasteiger charge is 2.08. The van der Waals surface area contributed by atoms with Gasteiger partial charge in [-0.1, -0.05) is 17.7 Å². The number of nitrogens with zero attached hydrogens (tertiary/aromatic N) is 4. The van der Waals surface area contributed by atoms with Crippen LogP contribution in [-0.4, -0.2) is 26.1 Å². The maximum Gasteiger partial charge on any atom is 0.255 e.